The van der Waals surface area contributed by atoms with Gasteiger partial charge in [-0.2, -0.15) is 5.10 Å². The average molecular weight is 486 g/mol. The van der Waals surface area contributed by atoms with Gasteiger partial charge in [-0.15, -0.1) is 0 Å². The summed E-state index contributed by atoms with van der Waals surface area (Å²) in [6, 6.07) is 20.1. The molecule has 1 N–H and O–H groups in total. The SMILES string of the molecule is CC(C)(NC(=O)N1CCC2(CCn3nc(-c4cnc5ccccc5c4)cc32)C1)c1cccc(Cl)c1. The first-order chi connectivity index (χ1) is 16.8. The number of para-hydroxylation sites is 1. The van der Waals surface area contributed by atoms with Crippen molar-refractivity contribution in [3.05, 3.63) is 83.1 Å². The Hall–Kier alpha value is -3.38. The lowest BCUT2D eigenvalue weighted by atomic mass is 9.82. The van der Waals surface area contributed by atoms with E-state index in [1.165, 1.54) is 5.69 Å². The summed E-state index contributed by atoms with van der Waals surface area (Å²) in [7, 11) is 0. The van der Waals surface area contributed by atoms with Gasteiger partial charge >= 0.3 is 6.03 Å². The standard InChI is InChI=1S/C28H28ClN5O/c1-27(2,21-7-5-8-22(29)15-21)31-26(35)33-12-10-28(18-33)11-13-34-25(28)16-24(32-34)20-14-19-6-3-4-9-23(19)30-17-20/h3-9,14-17H,10-13,18H2,1-2H3,(H,31,35). The average Bonchev–Trinajstić information content (AvgIpc) is 3.55. The van der Waals surface area contributed by atoms with Crippen molar-refractivity contribution in [2.45, 2.75) is 44.2 Å². The number of aromatic nitrogens is 3. The molecule has 6 rings (SSSR count). The van der Waals surface area contributed by atoms with Crippen molar-refractivity contribution >= 4 is 28.5 Å². The van der Waals surface area contributed by atoms with Crippen molar-refractivity contribution in [3.63, 3.8) is 0 Å². The highest BCUT2D eigenvalue weighted by atomic mass is 35.5. The van der Waals surface area contributed by atoms with Gasteiger partial charge in [0.1, 0.15) is 0 Å². The van der Waals surface area contributed by atoms with Crippen LogP contribution in [0.1, 0.15) is 37.9 Å². The lowest BCUT2D eigenvalue weighted by Crippen LogP contribution is -2.48. The van der Waals surface area contributed by atoms with Crippen molar-refractivity contribution < 1.29 is 4.79 Å². The molecule has 0 aliphatic carbocycles. The Labute approximate surface area is 209 Å². The lowest BCUT2D eigenvalue weighted by molar-refractivity contribution is 0.194. The third-order valence-electron chi connectivity index (χ3n) is 7.62. The third-order valence-corrected chi connectivity index (χ3v) is 7.85. The molecule has 35 heavy (non-hydrogen) atoms. The van der Waals surface area contributed by atoms with Gasteiger partial charge in [0.05, 0.1) is 16.7 Å². The van der Waals surface area contributed by atoms with E-state index in [2.05, 4.69) is 33.2 Å². The third kappa shape index (κ3) is 3.86. The molecular weight excluding hydrogens is 458 g/mol. The van der Waals surface area contributed by atoms with E-state index in [1.807, 2.05) is 67.4 Å². The van der Waals surface area contributed by atoms with Crippen molar-refractivity contribution in [1.82, 2.24) is 25.0 Å². The van der Waals surface area contributed by atoms with E-state index in [0.717, 1.165) is 53.7 Å². The number of aryl methyl sites for hydroxylation is 1. The Morgan fingerprint density at radius 3 is 2.74 bits per heavy atom. The van der Waals surface area contributed by atoms with Gasteiger partial charge in [-0.25, -0.2) is 4.79 Å². The maximum absolute atomic E-state index is 13.3. The highest BCUT2D eigenvalue weighted by molar-refractivity contribution is 6.30. The summed E-state index contributed by atoms with van der Waals surface area (Å²) in [4.78, 5) is 19.8. The number of carbonyl (C=O) groups is 1. The van der Waals surface area contributed by atoms with Crippen LogP contribution in [0.5, 0.6) is 0 Å². The van der Waals surface area contributed by atoms with E-state index in [4.69, 9.17) is 16.7 Å². The molecule has 4 aromatic rings. The summed E-state index contributed by atoms with van der Waals surface area (Å²) in [5.41, 5.74) is 4.60. The molecule has 1 fully saturated rings. The molecule has 2 aromatic heterocycles. The van der Waals surface area contributed by atoms with Crippen LogP contribution in [0.25, 0.3) is 22.2 Å². The minimum absolute atomic E-state index is 0.0382. The number of halogens is 1. The zero-order valence-corrected chi connectivity index (χ0v) is 20.7. The molecule has 2 aromatic carbocycles. The zero-order chi connectivity index (χ0) is 24.2. The monoisotopic (exact) mass is 485 g/mol. The van der Waals surface area contributed by atoms with Crippen LogP contribution in [0.2, 0.25) is 5.02 Å². The molecule has 2 amide bonds. The number of hydrogen-bond acceptors (Lipinski definition) is 3. The Morgan fingerprint density at radius 2 is 1.89 bits per heavy atom. The number of rotatable bonds is 3. The van der Waals surface area contributed by atoms with Gasteiger partial charge in [-0.1, -0.05) is 41.9 Å². The van der Waals surface area contributed by atoms with Gasteiger partial charge in [0.15, 0.2) is 0 Å². The van der Waals surface area contributed by atoms with E-state index in [0.29, 0.717) is 11.6 Å². The molecule has 0 saturated carbocycles. The topological polar surface area (TPSA) is 63.1 Å². The number of carbonyl (C=O) groups excluding carboxylic acids is 1. The van der Waals surface area contributed by atoms with Crippen LogP contribution in [-0.2, 0) is 17.5 Å². The van der Waals surface area contributed by atoms with Crippen LogP contribution in [-0.4, -0.2) is 38.8 Å². The zero-order valence-electron chi connectivity index (χ0n) is 20.0. The van der Waals surface area contributed by atoms with E-state index in [9.17, 15) is 4.79 Å². The number of nitrogens with zero attached hydrogens (tertiary/aromatic N) is 4. The number of pyridine rings is 1. The Balaban J connectivity index is 1.21. The summed E-state index contributed by atoms with van der Waals surface area (Å²) in [5, 5.41) is 9.91. The van der Waals surface area contributed by atoms with Gasteiger partial charge in [0, 0.05) is 52.9 Å². The first-order valence-corrected chi connectivity index (χ1v) is 12.5. The lowest BCUT2D eigenvalue weighted by Gasteiger charge is -2.30. The van der Waals surface area contributed by atoms with E-state index >= 15 is 0 Å². The largest absolute Gasteiger partial charge is 0.329 e. The number of benzene rings is 2. The second-order valence-corrected chi connectivity index (χ2v) is 10.8. The first-order valence-electron chi connectivity index (χ1n) is 12.1. The van der Waals surface area contributed by atoms with Crippen molar-refractivity contribution in [1.29, 1.82) is 0 Å². The normalized spacial score (nSPS) is 19.5. The minimum atomic E-state index is -0.522. The molecule has 6 nitrogen and oxygen atoms in total. The van der Waals surface area contributed by atoms with Gasteiger partial charge in [0.25, 0.3) is 0 Å². The number of nitrogens with one attached hydrogen (secondary N) is 1. The molecule has 178 valence electrons. The van der Waals surface area contributed by atoms with E-state index < -0.39 is 5.54 Å². The number of fused-ring (bicyclic) bond motifs is 3. The molecule has 0 bridgehead atoms. The predicted octanol–water partition coefficient (Wildman–Crippen LogP) is 5.74. The van der Waals surface area contributed by atoms with Crippen molar-refractivity contribution in [3.8, 4) is 11.3 Å². The number of likely N-dealkylation sites (tertiary alicyclic amines) is 1. The fourth-order valence-electron chi connectivity index (χ4n) is 5.57. The molecule has 1 atom stereocenters. The molecule has 7 heteroatoms. The molecule has 2 aliphatic rings. The van der Waals surface area contributed by atoms with Crippen LogP contribution < -0.4 is 5.32 Å². The van der Waals surface area contributed by atoms with Crippen molar-refractivity contribution in [2.24, 2.45) is 0 Å². The molecule has 1 saturated heterocycles. The number of amides is 2. The molecule has 1 spiro atoms. The number of hydrogen-bond donors (Lipinski definition) is 1. The summed E-state index contributed by atoms with van der Waals surface area (Å²) in [5.74, 6) is 0. The molecular formula is C28H28ClN5O. The maximum Gasteiger partial charge on any atom is 0.318 e. The van der Waals surface area contributed by atoms with Gasteiger partial charge in [-0.3, -0.25) is 9.67 Å². The molecule has 1 unspecified atom stereocenters. The van der Waals surface area contributed by atoms with Crippen molar-refractivity contribution in [2.75, 3.05) is 13.1 Å². The Kier molecular flexibility index (Phi) is 5.11. The van der Waals surface area contributed by atoms with Crippen LogP contribution in [0, 0.1) is 0 Å². The van der Waals surface area contributed by atoms with Crippen LogP contribution in [0.3, 0.4) is 0 Å². The van der Waals surface area contributed by atoms with E-state index in [1.54, 1.807) is 0 Å². The van der Waals surface area contributed by atoms with Crippen LogP contribution >= 0.6 is 11.6 Å². The second kappa shape index (κ2) is 8.09. The summed E-state index contributed by atoms with van der Waals surface area (Å²) in [6.07, 6.45) is 3.85. The fourth-order valence-corrected chi connectivity index (χ4v) is 5.76. The molecule has 2 aliphatic heterocycles. The highest BCUT2D eigenvalue weighted by Crippen LogP contribution is 2.44. The minimum Gasteiger partial charge on any atom is -0.329 e. The second-order valence-electron chi connectivity index (χ2n) is 10.3. The predicted molar refractivity (Wildman–Crippen MR) is 138 cm³/mol. The fraction of sp³-hybridized carbons (Fsp3) is 0.321. The highest BCUT2D eigenvalue weighted by Gasteiger charge is 2.47. The smallest absolute Gasteiger partial charge is 0.318 e. The Bertz CT molecular complexity index is 1440. The van der Waals surface area contributed by atoms with Crippen LogP contribution in [0.4, 0.5) is 4.79 Å². The van der Waals surface area contributed by atoms with E-state index in [-0.39, 0.29) is 11.4 Å². The Morgan fingerprint density at radius 1 is 1.06 bits per heavy atom. The number of urea groups is 1. The maximum atomic E-state index is 13.3. The first kappa shape index (κ1) is 22.1. The molecule has 0 radical (unpaired) electrons. The summed E-state index contributed by atoms with van der Waals surface area (Å²) >= 11 is 6.18. The van der Waals surface area contributed by atoms with Gasteiger partial charge in [-0.05, 0) is 62.6 Å². The quantitative estimate of drug-likeness (QED) is 0.402. The summed E-state index contributed by atoms with van der Waals surface area (Å²) < 4.78 is 2.13. The van der Waals surface area contributed by atoms with Gasteiger partial charge in [0.2, 0.25) is 0 Å². The molecule has 4 heterocycles. The van der Waals surface area contributed by atoms with Gasteiger partial charge < -0.3 is 10.2 Å². The van der Waals surface area contributed by atoms with Crippen LogP contribution in [0.15, 0.2) is 66.9 Å². The summed E-state index contributed by atoms with van der Waals surface area (Å²) in [6.45, 7) is 6.33.